The summed E-state index contributed by atoms with van der Waals surface area (Å²) in [6, 6.07) is 12.2. The largest absolute Gasteiger partial charge is 0.545 e. The van der Waals surface area contributed by atoms with Crippen LogP contribution < -0.4 is 9.83 Å². The number of carboxylic acid groups (broad SMARTS) is 1. The molecule has 0 spiro atoms. The molecule has 114 valence electrons. The van der Waals surface area contributed by atoms with Crippen LogP contribution in [0.15, 0.2) is 59.5 Å². The number of hydrogen-bond donors (Lipinski definition) is 1. The third kappa shape index (κ3) is 4.09. The summed E-state index contributed by atoms with van der Waals surface area (Å²) in [4.78, 5) is 10.6. The van der Waals surface area contributed by atoms with Gasteiger partial charge in [-0.15, -0.1) is 0 Å². The number of rotatable bonds is 5. The second-order valence-electron chi connectivity index (χ2n) is 4.30. The molecular weight excluding hydrogens is 326 g/mol. The second kappa shape index (κ2) is 6.64. The number of hydrogen-bond acceptors (Lipinski definition) is 4. The Kier molecular flexibility index (Phi) is 4.85. The van der Waals surface area contributed by atoms with Crippen molar-refractivity contribution in [3.63, 3.8) is 0 Å². The number of carbonyl (C=O) groups is 1. The highest BCUT2D eigenvalue weighted by atomic mass is 35.5. The summed E-state index contributed by atoms with van der Waals surface area (Å²) >= 11 is 5.87. The molecule has 0 unspecified atom stereocenters. The standard InChI is InChI=1S/C15H12ClNO4S/c16-12-8-6-11(7-9-15(18)19)14(10-12)17-22(20,21)13-4-2-1-3-5-13/h1-10,17H,(H,18,19)/p-1/b9-7+. The van der Waals surface area contributed by atoms with E-state index in [1.807, 2.05) is 0 Å². The van der Waals surface area contributed by atoms with Crippen molar-refractivity contribution in [3.8, 4) is 0 Å². The lowest BCUT2D eigenvalue weighted by molar-refractivity contribution is -0.297. The minimum Gasteiger partial charge on any atom is -0.545 e. The number of nitrogens with one attached hydrogen (secondary N) is 1. The van der Waals surface area contributed by atoms with E-state index in [-0.39, 0.29) is 10.6 Å². The van der Waals surface area contributed by atoms with Gasteiger partial charge in [-0.2, -0.15) is 0 Å². The van der Waals surface area contributed by atoms with Crippen LogP contribution in [-0.4, -0.2) is 14.4 Å². The average Bonchev–Trinajstić information content (AvgIpc) is 2.47. The molecule has 0 fully saturated rings. The van der Waals surface area contributed by atoms with Crippen LogP contribution in [0.3, 0.4) is 0 Å². The van der Waals surface area contributed by atoms with Crippen LogP contribution in [0.2, 0.25) is 5.02 Å². The van der Waals surface area contributed by atoms with E-state index in [0.717, 1.165) is 6.08 Å². The predicted octanol–water partition coefficient (Wildman–Crippen LogP) is 1.90. The van der Waals surface area contributed by atoms with Crippen LogP contribution in [-0.2, 0) is 14.8 Å². The van der Waals surface area contributed by atoms with Gasteiger partial charge >= 0.3 is 0 Å². The van der Waals surface area contributed by atoms with Gasteiger partial charge in [-0.25, -0.2) is 8.42 Å². The molecule has 2 aromatic rings. The number of benzene rings is 2. The maximum Gasteiger partial charge on any atom is 0.261 e. The first-order valence-corrected chi connectivity index (χ1v) is 8.01. The average molecular weight is 337 g/mol. The van der Waals surface area contributed by atoms with Crippen molar-refractivity contribution >= 4 is 39.4 Å². The Morgan fingerprint density at radius 3 is 2.45 bits per heavy atom. The van der Waals surface area contributed by atoms with Crippen molar-refractivity contribution in [2.45, 2.75) is 4.90 Å². The molecule has 0 saturated heterocycles. The van der Waals surface area contributed by atoms with Crippen LogP contribution in [0.4, 0.5) is 5.69 Å². The van der Waals surface area contributed by atoms with Gasteiger partial charge in [0.25, 0.3) is 10.0 Å². The highest BCUT2D eigenvalue weighted by molar-refractivity contribution is 7.92. The maximum absolute atomic E-state index is 12.3. The number of sulfonamides is 1. The third-order valence-corrected chi connectivity index (χ3v) is 4.33. The van der Waals surface area contributed by atoms with Crippen LogP contribution >= 0.6 is 11.6 Å². The van der Waals surface area contributed by atoms with Crippen LogP contribution in [0.5, 0.6) is 0 Å². The molecule has 0 heterocycles. The summed E-state index contributed by atoms with van der Waals surface area (Å²) in [5, 5.41) is 10.8. The maximum atomic E-state index is 12.3. The Morgan fingerprint density at radius 2 is 1.82 bits per heavy atom. The van der Waals surface area contributed by atoms with Crippen molar-refractivity contribution in [2.75, 3.05) is 4.72 Å². The normalized spacial score (nSPS) is 11.5. The van der Waals surface area contributed by atoms with Crippen LogP contribution in [0, 0.1) is 0 Å². The number of halogens is 1. The molecule has 0 aliphatic rings. The van der Waals surface area contributed by atoms with E-state index in [4.69, 9.17) is 11.6 Å². The number of carboxylic acids is 1. The summed E-state index contributed by atoms with van der Waals surface area (Å²) in [5.74, 6) is -1.38. The lowest BCUT2D eigenvalue weighted by atomic mass is 10.1. The molecule has 2 aromatic carbocycles. The van der Waals surface area contributed by atoms with E-state index in [1.165, 1.54) is 36.4 Å². The molecule has 0 saturated carbocycles. The summed E-state index contributed by atoms with van der Waals surface area (Å²) in [6.45, 7) is 0. The SMILES string of the molecule is O=C([O-])/C=C/c1ccc(Cl)cc1NS(=O)(=O)c1ccccc1. The van der Waals surface area contributed by atoms with Gasteiger partial charge < -0.3 is 9.90 Å². The van der Waals surface area contributed by atoms with Gasteiger partial charge in [-0.05, 0) is 35.9 Å². The summed E-state index contributed by atoms with van der Waals surface area (Å²) in [6.07, 6.45) is 2.04. The fraction of sp³-hybridized carbons (Fsp3) is 0. The number of anilines is 1. The molecule has 0 aliphatic carbocycles. The van der Waals surface area contributed by atoms with E-state index >= 15 is 0 Å². The van der Waals surface area contributed by atoms with Gasteiger partial charge in [-0.1, -0.05) is 41.9 Å². The summed E-state index contributed by atoms with van der Waals surface area (Å²) in [7, 11) is -3.80. The fourth-order valence-corrected chi connectivity index (χ4v) is 3.00. The van der Waals surface area contributed by atoms with Gasteiger partial charge in [0, 0.05) is 5.02 Å². The van der Waals surface area contributed by atoms with Crippen molar-refractivity contribution in [2.24, 2.45) is 0 Å². The first-order chi connectivity index (χ1) is 10.4. The molecular formula is C15H11ClNO4S-. The Morgan fingerprint density at radius 1 is 1.14 bits per heavy atom. The molecule has 1 N–H and O–H groups in total. The molecule has 2 rings (SSSR count). The molecule has 0 atom stereocenters. The van der Waals surface area contributed by atoms with E-state index in [2.05, 4.69) is 4.72 Å². The van der Waals surface area contributed by atoms with Gasteiger partial charge in [0.1, 0.15) is 0 Å². The molecule has 5 nitrogen and oxygen atoms in total. The van der Waals surface area contributed by atoms with E-state index in [0.29, 0.717) is 10.6 Å². The Labute approximate surface area is 132 Å². The van der Waals surface area contributed by atoms with Crippen molar-refractivity contribution in [1.82, 2.24) is 0 Å². The molecule has 0 amide bonds. The van der Waals surface area contributed by atoms with Gasteiger partial charge in [0.15, 0.2) is 0 Å². The zero-order valence-corrected chi connectivity index (χ0v) is 12.8. The third-order valence-electron chi connectivity index (χ3n) is 2.71. The zero-order valence-electron chi connectivity index (χ0n) is 11.2. The number of carbonyl (C=O) groups excluding carboxylic acids is 1. The zero-order chi connectivity index (χ0) is 16.2. The number of aliphatic carboxylic acids is 1. The first-order valence-electron chi connectivity index (χ1n) is 6.15. The van der Waals surface area contributed by atoms with Gasteiger partial charge in [0.2, 0.25) is 0 Å². The molecule has 7 heteroatoms. The molecule has 0 aromatic heterocycles. The first kappa shape index (κ1) is 16.1. The smallest absolute Gasteiger partial charge is 0.261 e. The minimum absolute atomic E-state index is 0.0878. The van der Waals surface area contributed by atoms with Crippen molar-refractivity contribution in [3.05, 3.63) is 65.2 Å². The Hall–Kier alpha value is -2.31. The van der Waals surface area contributed by atoms with E-state index in [9.17, 15) is 18.3 Å². The van der Waals surface area contributed by atoms with Crippen LogP contribution in [0.25, 0.3) is 6.08 Å². The molecule has 0 aliphatic heterocycles. The molecule has 0 radical (unpaired) electrons. The quantitative estimate of drug-likeness (QED) is 0.845. The van der Waals surface area contributed by atoms with Crippen molar-refractivity contribution < 1.29 is 18.3 Å². The topological polar surface area (TPSA) is 86.3 Å². The van der Waals surface area contributed by atoms with Crippen LogP contribution in [0.1, 0.15) is 5.56 Å². The fourth-order valence-electron chi connectivity index (χ4n) is 1.72. The van der Waals surface area contributed by atoms with Crippen molar-refractivity contribution in [1.29, 1.82) is 0 Å². The second-order valence-corrected chi connectivity index (χ2v) is 6.42. The highest BCUT2D eigenvalue weighted by Gasteiger charge is 2.15. The lowest BCUT2D eigenvalue weighted by Crippen LogP contribution is -2.18. The Balaban J connectivity index is 2.40. The minimum atomic E-state index is -3.80. The monoisotopic (exact) mass is 336 g/mol. The summed E-state index contributed by atoms with van der Waals surface area (Å²) in [5.41, 5.74) is 0.530. The van der Waals surface area contributed by atoms with Gasteiger partial charge in [0.05, 0.1) is 16.6 Å². The summed E-state index contributed by atoms with van der Waals surface area (Å²) < 4.78 is 27.0. The lowest BCUT2D eigenvalue weighted by Gasteiger charge is -2.11. The van der Waals surface area contributed by atoms with E-state index < -0.39 is 16.0 Å². The predicted molar refractivity (Wildman–Crippen MR) is 82.7 cm³/mol. The molecule has 22 heavy (non-hydrogen) atoms. The van der Waals surface area contributed by atoms with Gasteiger partial charge in [-0.3, -0.25) is 4.72 Å². The Bertz CT molecular complexity index is 817. The van der Waals surface area contributed by atoms with E-state index in [1.54, 1.807) is 18.2 Å². The highest BCUT2D eigenvalue weighted by Crippen LogP contribution is 2.25. The molecule has 0 bridgehead atoms.